The molecule has 0 spiro atoms. The van der Waals surface area contributed by atoms with Gasteiger partial charge in [-0.05, 0) is 67.0 Å². The van der Waals surface area contributed by atoms with E-state index in [0.29, 0.717) is 42.6 Å². The maximum atomic E-state index is 12.8. The quantitative estimate of drug-likeness (QED) is 0.361. The van der Waals surface area contributed by atoms with E-state index in [1.54, 1.807) is 30.3 Å². The third kappa shape index (κ3) is 7.20. The van der Waals surface area contributed by atoms with Gasteiger partial charge in [-0.1, -0.05) is 43.2 Å². The Kier molecular flexibility index (Phi) is 8.76. The van der Waals surface area contributed by atoms with Gasteiger partial charge in [0.05, 0.1) is 13.0 Å². The van der Waals surface area contributed by atoms with Gasteiger partial charge >= 0.3 is 5.97 Å². The van der Waals surface area contributed by atoms with Gasteiger partial charge in [-0.3, -0.25) is 9.59 Å². The van der Waals surface area contributed by atoms with Gasteiger partial charge in [-0.2, -0.15) is 0 Å². The molecule has 36 heavy (non-hydrogen) atoms. The SMILES string of the molecule is O=C(CCCOc1ccc(/C=C(\CC(=O)N2C[C@H]3CCCC[C@H]3C2)C(=O)O)cc1)Nc1ccccc1. The van der Waals surface area contributed by atoms with E-state index in [1.165, 1.54) is 25.7 Å². The van der Waals surface area contributed by atoms with Crippen LogP contribution in [0, 0.1) is 11.8 Å². The highest BCUT2D eigenvalue weighted by Crippen LogP contribution is 2.36. The van der Waals surface area contributed by atoms with Gasteiger partial charge in [0, 0.05) is 30.8 Å². The van der Waals surface area contributed by atoms with Gasteiger partial charge in [0.2, 0.25) is 11.8 Å². The van der Waals surface area contributed by atoms with Crippen molar-refractivity contribution < 1.29 is 24.2 Å². The summed E-state index contributed by atoms with van der Waals surface area (Å²) in [6, 6.07) is 16.4. The normalized spacial score (nSPS) is 19.4. The molecule has 1 saturated carbocycles. The van der Waals surface area contributed by atoms with E-state index in [9.17, 15) is 19.5 Å². The predicted molar refractivity (Wildman–Crippen MR) is 139 cm³/mol. The first kappa shape index (κ1) is 25.5. The van der Waals surface area contributed by atoms with Crippen molar-refractivity contribution in [1.29, 1.82) is 0 Å². The number of amides is 2. The van der Waals surface area contributed by atoms with Crippen molar-refractivity contribution in [2.45, 2.75) is 44.9 Å². The van der Waals surface area contributed by atoms with E-state index in [0.717, 1.165) is 18.8 Å². The molecule has 2 fully saturated rings. The van der Waals surface area contributed by atoms with Crippen molar-refractivity contribution in [2.24, 2.45) is 11.8 Å². The van der Waals surface area contributed by atoms with Crippen molar-refractivity contribution >= 4 is 29.5 Å². The fourth-order valence-corrected chi connectivity index (χ4v) is 5.10. The maximum Gasteiger partial charge on any atom is 0.332 e. The lowest BCUT2D eigenvalue weighted by molar-refractivity contribution is -0.136. The van der Waals surface area contributed by atoms with E-state index < -0.39 is 5.97 Å². The average molecular weight is 491 g/mol. The molecule has 2 aromatic rings. The Morgan fingerprint density at radius 2 is 1.64 bits per heavy atom. The first-order valence-electron chi connectivity index (χ1n) is 12.8. The van der Waals surface area contributed by atoms with Crippen molar-refractivity contribution in [3.63, 3.8) is 0 Å². The minimum absolute atomic E-state index is 0.0614. The molecule has 1 saturated heterocycles. The largest absolute Gasteiger partial charge is 0.494 e. The Labute approximate surface area is 212 Å². The van der Waals surface area contributed by atoms with Gasteiger partial charge in [0.1, 0.15) is 5.75 Å². The molecule has 2 aromatic carbocycles. The Morgan fingerprint density at radius 1 is 0.972 bits per heavy atom. The van der Waals surface area contributed by atoms with Crippen molar-refractivity contribution in [3.05, 3.63) is 65.7 Å². The molecule has 7 heteroatoms. The summed E-state index contributed by atoms with van der Waals surface area (Å²) in [6.45, 7) is 1.91. The van der Waals surface area contributed by atoms with Crippen LogP contribution in [0.2, 0.25) is 0 Å². The number of rotatable bonds is 10. The summed E-state index contributed by atoms with van der Waals surface area (Å²) in [5, 5.41) is 12.5. The highest BCUT2D eigenvalue weighted by Gasteiger charge is 2.36. The summed E-state index contributed by atoms with van der Waals surface area (Å²) in [5.41, 5.74) is 1.56. The van der Waals surface area contributed by atoms with Gasteiger partial charge < -0.3 is 20.1 Å². The zero-order chi connectivity index (χ0) is 25.3. The van der Waals surface area contributed by atoms with Crippen LogP contribution in [0.25, 0.3) is 6.08 Å². The standard InChI is InChI=1S/C29H34N2O5/c32-27(30-25-9-2-1-3-10-25)11-6-16-36-26-14-12-21(13-15-26)17-24(29(34)35)18-28(33)31-19-22-7-4-5-8-23(22)20-31/h1-3,9-10,12-15,17,22-23H,4-8,11,16,18-20H2,(H,30,32)(H,34,35)/b24-17+/t22-,23+. The first-order valence-corrected chi connectivity index (χ1v) is 12.8. The second kappa shape index (κ2) is 12.4. The lowest BCUT2D eigenvalue weighted by Gasteiger charge is -2.22. The van der Waals surface area contributed by atoms with Crippen molar-refractivity contribution in [1.82, 2.24) is 4.90 Å². The number of benzene rings is 2. The molecule has 2 amide bonds. The van der Waals surface area contributed by atoms with Crippen LogP contribution in [0.5, 0.6) is 5.75 Å². The number of nitrogens with zero attached hydrogens (tertiary/aromatic N) is 1. The lowest BCUT2D eigenvalue weighted by Crippen LogP contribution is -2.29. The fourth-order valence-electron chi connectivity index (χ4n) is 5.10. The second-order valence-corrected chi connectivity index (χ2v) is 9.69. The Bertz CT molecular complexity index is 1070. The van der Waals surface area contributed by atoms with Gasteiger partial charge in [-0.15, -0.1) is 0 Å². The molecular formula is C29H34N2O5. The third-order valence-corrected chi connectivity index (χ3v) is 7.04. The number of hydrogen-bond acceptors (Lipinski definition) is 4. The number of fused-ring (bicyclic) bond motifs is 1. The number of para-hydroxylation sites is 1. The number of carboxylic acids is 1. The van der Waals surface area contributed by atoms with Crippen LogP contribution in [0.4, 0.5) is 5.69 Å². The van der Waals surface area contributed by atoms with Crippen LogP contribution in [-0.4, -0.2) is 47.5 Å². The molecule has 4 rings (SSSR count). The maximum absolute atomic E-state index is 12.8. The van der Waals surface area contributed by atoms with Crippen LogP contribution in [-0.2, 0) is 14.4 Å². The number of nitrogens with one attached hydrogen (secondary N) is 1. The monoisotopic (exact) mass is 490 g/mol. The molecule has 1 aliphatic carbocycles. The third-order valence-electron chi connectivity index (χ3n) is 7.04. The number of carbonyl (C=O) groups is 3. The van der Waals surface area contributed by atoms with Crippen LogP contribution in [0.3, 0.4) is 0 Å². The number of carbonyl (C=O) groups excluding carboxylic acids is 2. The summed E-state index contributed by atoms with van der Waals surface area (Å²) >= 11 is 0. The zero-order valence-corrected chi connectivity index (χ0v) is 20.5. The molecule has 1 heterocycles. The summed E-state index contributed by atoms with van der Waals surface area (Å²) in [5.74, 6) is 0.553. The van der Waals surface area contributed by atoms with Crippen LogP contribution in [0.15, 0.2) is 60.2 Å². The zero-order valence-electron chi connectivity index (χ0n) is 20.5. The van der Waals surface area contributed by atoms with E-state index in [-0.39, 0.29) is 23.8 Å². The molecule has 190 valence electrons. The van der Waals surface area contributed by atoms with Crippen LogP contribution < -0.4 is 10.1 Å². The molecule has 0 unspecified atom stereocenters. The molecule has 0 radical (unpaired) electrons. The molecule has 2 aliphatic rings. The molecule has 2 N–H and O–H groups in total. The summed E-state index contributed by atoms with van der Waals surface area (Å²) in [7, 11) is 0. The second-order valence-electron chi connectivity index (χ2n) is 9.69. The van der Waals surface area contributed by atoms with Gasteiger partial charge in [-0.25, -0.2) is 4.79 Å². The summed E-state index contributed by atoms with van der Waals surface area (Å²) in [4.78, 5) is 38.5. The molecule has 0 aromatic heterocycles. The van der Waals surface area contributed by atoms with Crippen LogP contribution in [0.1, 0.15) is 50.5 Å². The Hall–Kier alpha value is -3.61. The smallest absolute Gasteiger partial charge is 0.332 e. The van der Waals surface area contributed by atoms with Crippen molar-refractivity contribution in [2.75, 3.05) is 25.0 Å². The summed E-state index contributed by atoms with van der Waals surface area (Å²) < 4.78 is 5.71. The molecule has 0 bridgehead atoms. The minimum Gasteiger partial charge on any atom is -0.494 e. The van der Waals surface area contributed by atoms with Crippen molar-refractivity contribution in [3.8, 4) is 5.75 Å². The number of carboxylic acid groups (broad SMARTS) is 1. The number of anilines is 1. The molecule has 2 atom stereocenters. The van der Waals surface area contributed by atoms with Crippen LogP contribution >= 0.6 is 0 Å². The highest BCUT2D eigenvalue weighted by atomic mass is 16.5. The first-order chi connectivity index (χ1) is 17.5. The number of hydrogen-bond donors (Lipinski definition) is 2. The van der Waals surface area contributed by atoms with E-state index in [2.05, 4.69) is 5.32 Å². The molecular weight excluding hydrogens is 456 g/mol. The number of likely N-dealkylation sites (tertiary alicyclic amines) is 1. The fraction of sp³-hybridized carbons (Fsp3) is 0.414. The Morgan fingerprint density at radius 3 is 2.28 bits per heavy atom. The Balaban J connectivity index is 1.24. The predicted octanol–water partition coefficient (Wildman–Crippen LogP) is 4.99. The van der Waals surface area contributed by atoms with E-state index >= 15 is 0 Å². The minimum atomic E-state index is -1.07. The molecule has 1 aliphatic heterocycles. The topological polar surface area (TPSA) is 95.9 Å². The van der Waals surface area contributed by atoms with Gasteiger partial charge in [0.15, 0.2) is 0 Å². The summed E-state index contributed by atoms with van der Waals surface area (Å²) in [6.07, 6.45) is 7.18. The highest BCUT2D eigenvalue weighted by molar-refractivity contribution is 5.98. The van der Waals surface area contributed by atoms with E-state index in [1.807, 2.05) is 35.2 Å². The number of ether oxygens (including phenoxy) is 1. The number of aliphatic carboxylic acids is 1. The van der Waals surface area contributed by atoms with E-state index in [4.69, 9.17) is 4.74 Å². The average Bonchev–Trinajstić information content (AvgIpc) is 3.32. The lowest BCUT2D eigenvalue weighted by atomic mass is 9.82. The molecule has 7 nitrogen and oxygen atoms in total. The van der Waals surface area contributed by atoms with Gasteiger partial charge in [0.25, 0.3) is 0 Å².